The van der Waals surface area contributed by atoms with Crippen molar-refractivity contribution < 1.29 is 19.1 Å². The summed E-state index contributed by atoms with van der Waals surface area (Å²) in [5.41, 5.74) is 3.29. The fourth-order valence-electron chi connectivity index (χ4n) is 2.35. The van der Waals surface area contributed by atoms with E-state index >= 15 is 0 Å². The van der Waals surface area contributed by atoms with E-state index in [1.807, 2.05) is 0 Å². The maximum absolute atomic E-state index is 12.2. The number of halogens is 3. The first-order chi connectivity index (χ1) is 14.9. The fourth-order valence-corrected chi connectivity index (χ4v) is 2.90. The van der Waals surface area contributed by atoms with Gasteiger partial charge < -0.3 is 9.47 Å². The minimum atomic E-state index is -0.556. The van der Waals surface area contributed by atoms with Gasteiger partial charge in [-0.2, -0.15) is 5.10 Å². The molecule has 3 aromatic rings. The molecule has 1 amide bonds. The lowest BCUT2D eigenvalue weighted by molar-refractivity contribution is -0.123. The summed E-state index contributed by atoms with van der Waals surface area (Å²) in [5.74, 6) is -0.384. The largest absolute Gasteiger partial charge is 0.482 e. The zero-order valence-corrected chi connectivity index (χ0v) is 18.1. The molecule has 0 saturated heterocycles. The Bertz CT molecular complexity index is 1120. The third kappa shape index (κ3) is 6.72. The van der Waals surface area contributed by atoms with Crippen LogP contribution < -0.4 is 14.9 Å². The number of amides is 1. The van der Waals surface area contributed by atoms with Crippen LogP contribution in [0.1, 0.15) is 15.9 Å². The van der Waals surface area contributed by atoms with Gasteiger partial charge in [-0.1, -0.05) is 46.9 Å². The first-order valence-corrected chi connectivity index (χ1v) is 10.0. The van der Waals surface area contributed by atoms with Crippen LogP contribution in [0.4, 0.5) is 0 Å². The van der Waals surface area contributed by atoms with Gasteiger partial charge in [-0.25, -0.2) is 10.2 Å². The van der Waals surface area contributed by atoms with Crippen molar-refractivity contribution in [2.24, 2.45) is 5.10 Å². The van der Waals surface area contributed by atoms with Gasteiger partial charge in [0.15, 0.2) is 6.61 Å². The summed E-state index contributed by atoms with van der Waals surface area (Å²) < 4.78 is 10.6. The maximum Gasteiger partial charge on any atom is 0.345 e. The van der Waals surface area contributed by atoms with E-state index in [1.54, 1.807) is 60.7 Å². The van der Waals surface area contributed by atoms with Crippen LogP contribution in [-0.2, 0) is 4.79 Å². The lowest BCUT2D eigenvalue weighted by atomic mass is 10.2. The summed E-state index contributed by atoms with van der Waals surface area (Å²) >= 11 is 17.8. The number of nitrogens with zero attached hydrogens (tertiary/aromatic N) is 1. The number of carbonyl (C=O) groups excluding carboxylic acids is 2. The number of hydrogen-bond donors (Lipinski definition) is 1. The molecular formula is C22H15Cl3N2O4. The van der Waals surface area contributed by atoms with E-state index in [4.69, 9.17) is 44.3 Å². The number of hydrogen-bond acceptors (Lipinski definition) is 5. The first kappa shape index (κ1) is 22.6. The van der Waals surface area contributed by atoms with Gasteiger partial charge in [0, 0.05) is 11.1 Å². The second-order valence-electron chi connectivity index (χ2n) is 6.09. The van der Waals surface area contributed by atoms with Crippen LogP contribution in [0.5, 0.6) is 11.5 Å². The van der Waals surface area contributed by atoms with Gasteiger partial charge in [0.1, 0.15) is 11.5 Å². The smallest absolute Gasteiger partial charge is 0.345 e. The molecule has 6 nitrogen and oxygen atoms in total. The highest BCUT2D eigenvalue weighted by Gasteiger charge is 2.12. The number of carbonyl (C=O) groups is 2. The van der Waals surface area contributed by atoms with E-state index in [9.17, 15) is 9.59 Å². The molecule has 0 aromatic heterocycles. The third-order valence-electron chi connectivity index (χ3n) is 3.84. The molecule has 0 heterocycles. The van der Waals surface area contributed by atoms with Gasteiger partial charge in [0.25, 0.3) is 5.91 Å². The number of nitrogens with one attached hydrogen (secondary N) is 1. The summed E-state index contributed by atoms with van der Waals surface area (Å²) in [6.45, 7) is -0.283. The van der Waals surface area contributed by atoms with Gasteiger partial charge in [0.05, 0.1) is 21.8 Å². The normalized spacial score (nSPS) is 10.7. The second-order valence-corrected chi connectivity index (χ2v) is 7.35. The highest BCUT2D eigenvalue weighted by molar-refractivity contribution is 6.34. The molecule has 0 fully saturated rings. The van der Waals surface area contributed by atoms with Crippen LogP contribution >= 0.6 is 34.8 Å². The Morgan fingerprint density at radius 1 is 0.935 bits per heavy atom. The topological polar surface area (TPSA) is 77.0 Å². The molecule has 0 aliphatic carbocycles. The second kappa shape index (κ2) is 10.8. The van der Waals surface area contributed by atoms with Crippen LogP contribution in [0.25, 0.3) is 0 Å². The van der Waals surface area contributed by atoms with Gasteiger partial charge >= 0.3 is 5.97 Å². The van der Waals surface area contributed by atoms with E-state index in [1.165, 1.54) is 12.3 Å². The summed E-state index contributed by atoms with van der Waals surface area (Å²) in [7, 11) is 0. The summed E-state index contributed by atoms with van der Waals surface area (Å²) in [6, 6.07) is 17.9. The Kier molecular flexibility index (Phi) is 7.89. The van der Waals surface area contributed by atoms with Crippen molar-refractivity contribution in [1.29, 1.82) is 0 Å². The summed E-state index contributed by atoms with van der Waals surface area (Å²) in [5, 5.41) is 4.96. The Labute approximate surface area is 193 Å². The van der Waals surface area contributed by atoms with Gasteiger partial charge in [0.2, 0.25) is 0 Å². The third-order valence-corrected chi connectivity index (χ3v) is 4.72. The van der Waals surface area contributed by atoms with E-state index in [0.29, 0.717) is 32.1 Å². The van der Waals surface area contributed by atoms with Crippen LogP contribution in [0, 0.1) is 0 Å². The molecule has 1 N–H and O–H groups in total. The maximum atomic E-state index is 12.2. The number of rotatable bonds is 7. The molecule has 0 aliphatic heterocycles. The molecule has 0 saturated carbocycles. The zero-order chi connectivity index (χ0) is 22.2. The fraction of sp³-hybridized carbons (Fsp3) is 0.0455. The van der Waals surface area contributed by atoms with E-state index in [2.05, 4.69) is 10.5 Å². The Morgan fingerprint density at radius 3 is 2.42 bits per heavy atom. The van der Waals surface area contributed by atoms with Gasteiger partial charge in [-0.05, 0) is 54.1 Å². The molecule has 0 spiro atoms. The highest BCUT2D eigenvalue weighted by atomic mass is 35.5. The molecular weight excluding hydrogens is 463 g/mol. The lowest BCUT2D eigenvalue weighted by Crippen LogP contribution is -2.24. The van der Waals surface area contributed by atoms with Gasteiger partial charge in [-0.15, -0.1) is 0 Å². The van der Waals surface area contributed by atoms with Crippen LogP contribution in [0.2, 0.25) is 15.1 Å². The van der Waals surface area contributed by atoms with Gasteiger partial charge in [-0.3, -0.25) is 4.79 Å². The quantitative estimate of drug-likeness (QED) is 0.214. The number of ether oxygens (including phenoxy) is 2. The Morgan fingerprint density at radius 2 is 1.68 bits per heavy atom. The Hall–Kier alpha value is -3.06. The zero-order valence-electron chi connectivity index (χ0n) is 15.8. The molecule has 31 heavy (non-hydrogen) atoms. The van der Waals surface area contributed by atoms with E-state index in [-0.39, 0.29) is 12.2 Å². The molecule has 0 atom stereocenters. The van der Waals surface area contributed by atoms with Crippen LogP contribution in [-0.4, -0.2) is 24.7 Å². The summed E-state index contributed by atoms with van der Waals surface area (Å²) in [6.07, 6.45) is 1.43. The molecule has 3 aromatic carbocycles. The van der Waals surface area contributed by atoms with E-state index < -0.39 is 11.9 Å². The number of benzene rings is 3. The minimum absolute atomic E-state index is 0.277. The SMILES string of the molecule is O=C(COc1cc(Cl)ccc1Cl)NN=Cc1ccc(OC(=O)c2ccccc2Cl)cc1. The predicted octanol–water partition coefficient (Wildman–Crippen LogP) is 5.40. The van der Waals surface area contributed by atoms with Crippen molar-refractivity contribution in [3.05, 3.63) is 92.9 Å². The highest BCUT2D eigenvalue weighted by Crippen LogP contribution is 2.27. The molecule has 9 heteroatoms. The van der Waals surface area contributed by atoms with Crippen molar-refractivity contribution in [2.45, 2.75) is 0 Å². The predicted molar refractivity (Wildman–Crippen MR) is 121 cm³/mol. The van der Waals surface area contributed by atoms with Crippen molar-refractivity contribution in [3.8, 4) is 11.5 Å². The lowest BCUT2D eigenvalue weighted by Gasteiger charge is -2.07. The number of esters is 1. The summed E-state index contributed by atoms with van der Waals surface area (Å²) in [4.78, 5) is 24.0. The molecule has 0 radical (unpaired) electrons. The number of hydrazone groups is 1. The van der Waals surface area contributed by atoms with Crippen molar-refractivity contribution in [3.63, 3.8) is 0 Å². The molecule has 158 valence electrons. The average Bonchev–Trinajstić information content (AvgIpc) is 2.76. The Balaban J connectivity index is 1.49. The van der Waals surface area contributed by atoms with Crippen molar-refractivity contribution in [1.82, 2.24) is 5.43 Å². The van der Waals surface area contributed by atoms with Crippen molar-refractivity contribution in [2.75, 3.05) is 6.61 Å². The van der Waals surface area contributed by atoms with Crippen molar-refractivity contribution >= 4 is 52.9 Å². The minimum Gasteiger partial charge on any atom is -0.482 e. The average molecular weight is 478 g/mol. The molecule has 3 rings (SSSR count). The standard InChI is InChI=1S/C22H15Cl3N2O4/c23-15-7-10-19(25)20(11-15)30-13-21(28)27-26-12-14-5-8-16(9-6-14)31-22(29)17-3-1-2-4-18(17)24/h1-12H,13H2,(H,27,28). The molecule has 0 bridgehead atoms. The van der Waals surface area contributed by atoms with Crippen LogP contribution in [0.15, 0.2) is 71.8 Å². The molecule has 0 unspecified atom stereocenters. The first-order valence-electron chi connectivity index (χ1n) is 8.89. The van der Waals surface area contributed by atoms with Crippen LogP contribution in [0.3, 0.4) is 0 Å². The monoisotopic (exact) mass is 476 g/mol. The van der Waals surface area contributed by atoms with E-state index in [0.717, 1.165) is 0 Å². The molecule has 0 aliphatic rings.